The summed E-state index contributed by atoms with van der Waals surface area (Å²) in [5, 5.41) is -0.152. The van der Waals surface area contributed by atoms with Gasteiger partial charge in [-0.2, -0.15) is 0 Å². The number of amides is 1. The summed E-state index contributed by atoms with van der Waals surface area (Å²) in [7, 11) is 0. The van der Waals surface area contributed by atoms with Crippen molar-refractivity contribution < 1.29 is 9.18 Å². The van der Waals surface area contributed by atoms with Gasteiger partial charge in [-0.1, -0.05) is 29.8 Å². The zero-order valence-electron chi connectivity index (χ0n) is 11.0. The van der Waals surface area contributed by atoms with Crippen molar-refractivity contribution in [2.75, 3.05) is 10.7 Å². The summed E-state index contributed by atoms with van der Waals surface area (Å²) in [5.74, 6) is 0.217. The second kappa shape index (κ2) is 5.29. The summed E-state index contributed by atoms with van der Waals surface area (Å²) in [5.41, 5.74) is 2.83. The van der Waals surface area contributed by atoms with Crippen LogP contribution in [-0.2, 0) is 4.79 Å². The van der Waals surface area contributed by atoms with Gasteiger partial charge in [-0.25, -0.2) is 4.39 Å². The molecule has 2 aromatic carbocycles. The molecule has 0 aromatic heterocycles. The molecule has 2 nitrogen and oxygen atoms in total. The smallest absolute Gasteiger partial charge is 0.238 e. The first-order chi connectivity index (χ1) is 9.65. The molecule has 4 heteroatoms. The maximum Gasteiger partial charge on any atom is 0.238 e. The lowest BCUT2D eigenvalue weighted by Gasteiger charge is -2.24. The van der Waals surface area contributed by atoms with Gasteiger partial charge in [0.25, 0.3) is 0 Å². The highest BCUT2D eigenvalue weighted by Gasteiger charge is 2.34. The molecule has 102 valence electrons. The van der Waals surface area contributed by atoms with Crippen LogP contribution in [0, 0.1) is 12.7 Å². The zero-order valence-corrected chi connectivity index (χ0v) is 11.9. The fourth-order valence-electron chi connectivity index (χ4n) is 2.32. The number of anilines is 1. The van der Waals surface area contributed by atoms with Crippen molar-refractivity contribution in [3.63, 3.8) is 0 Å². The average molecular weight is 287 g/mol. The number of halogens is 1. The number of carbonyl (C=O) groups is 1. The Balaban J connectivity index is 1.98. The lowest BCUT2D eigenvalue weighted by molar-refractivity contribution is -0.115. The number of nitrogens with zero attached hydrogens (tertiary/aromatic N) is 1. The zero-order chi connectivity index (χ0) is 14.1. The number of thioether (sulfide) groups is 1. The molecular weight excluding hydrogens is 273 g/mol. The summed E-state index contributed by atoms with van der Waals surface area (Å²) in [6.45, 7) is 2.01. The van der Waals surface area contributed by atoms with Crippen LogP contribution in [0.2, 0.25) is 0 Å². The highest BCUT2D eigenvalue weighted by molar-refractivity contribution is 8.00. The predicted octanol–water partition coefficient (Wildman–Crippen LogP) is 3.91. The Morgan fingerprint density at radius 3 is 2.65 bits per heavy atom. The molecule has 1 amide bonds. The van der Waals surface area contributed by atoms with Gasteiger partial charge in [-0.3, -0.25) is 9.69 Å². The molecule has 0 radical (unpaired) electrons. The standard InChI is InChI=1S/C16H14FNOS/c1-11-5-7-14(8-6-11)18-15(19)10-20-16(18)12-3-2-4-13(17)9-12/h2-9,16H,10H2,1H3/t16-/m0/s1. The lowest BCUT2D eigenvalue weighted by atomic mass is 10.1. The van der Waals surface area contributed by atoms with E-state index < -0.39 is 0 Å². The molecule has 0 spiro atoms. The third kappa shape index (κ3) is 2.43. The Labute approximate surface area is 121 Å². The van der Waals surface area contributed by atoms with Crippen molar-refractivity contribution in [1.82, 2.24) is 0 Å². The normalized spacial score (nSPS) is 18.6. The number of aryl methyl sites for hydroxylation is 1. The average Bonchev–Trinajstić information content (AvgIpc) is 2.82. The number of hydrogen-bond donors (Lipinski definition) is 0. The first kappa shape index (κ1) is 13.2. The maximum absolute atomic E-state index is 13.4. The van der Waals surface area contributed by atoms with Crippen molar-refractivity contribution in [1.29, 1.82) is 0 Å². The molecule has 1 aliphatic heterocycles. The Hall–Kier alpha value is -1.81. The first-order valence-corrected chi connectivity index (χ1v) is 7.46. The molecule has 2 aromatic rings. The molecule has 1 atom stereocenters. The summed E-state index contributed by atoms with van der Waals surface area (Å²) in [4.78, 5) is 13.9. The van der Waals surface area contributed by atoms with E-state index in [1.165, 1.54) is 23.9 Å². The van der Waals surface area contributed by atoms with Crippen LogP contribution < -0.4 is 4.90 Å². The molecule has 3 rings (SSSR count). The Morgan fingerprint density at radius 1 is 1.20 bits per heavy atom. The molecule has 0 aliphatic carbocycles. The minimum Gasteiger partial charge on any atom is -0.295 e. The van der Waals surface area contributed by atoms with Crippen LogP contribution in [0.3, 0.4) is 0 Å². The highest BCUT2D eigenvalue weighted by atomic mass is 32.2. The first-order valence-electron chi connectivity index (χ1n) is 6.41. The van der Waals surface area contributed by atoms with Gasteiger partial charge in [0.2, 0.25) is 5.91 Å². The minimum atomic E-state index is -0.272. The second-order valence-electron chi connectivity index (χ2n) is 4.82. The topological polar surface area (TPSA) is 20.3 Å². The van der Waals surface area contributed by atoms with E-state index in [1.54, 1.807) is 11.0 Å². The van der Waals surface area contributed by atoms with Crippen LogP contribution in [0.25, 0.3) is 0 Å². The van der Waals surface area contributed by atoms with Gasteiger partial charge >= 0.3 is 0 Å². The van der Waals surface area contributed by atoms with Crippen molar-refractivity contribution >= 4 is 23.4 Å². The van der Waals surface area contributed by atoms with E-state index >= 15 is 0 Å². The number of benzene rings is 2. The number of rotatable bonds is 2. The molecule has 0 unspecified atom stereocenters. The fourth-order valence-corrected chi connectivity index (χ4v) is 3.48. The molecule has 1 saturated heterocycles. The molecule has 0 saturated carbocycles. The van der Waals surface area contributed by atoms with Gasteiger partial charge in [0, 0.05) is 5.69 Å². The van der Waals surface area contributed by atoms with Crippen molar-refractivity contribution in [3.8, 4) is 0 Å². The Bertz CT molecular complexity index is 641. The number of hydrogen-bond acceptors (Lipinski definition) is 2. The molecule has 0 bridgehead atoms. The van der Waals surface area contributed by atoms with Gasteiger partial charge in [0.15, 0.2) is 0 Å². The van der Waals surface area contributed by atoms with E-state index in [1.807, 2.05) is 37.3 Å². The lowest BCUT2D eigenvalue weighted by Crippen LogP contribution is -2.27. The predicted molar refractivity (Wildman–Crippen MR) is 80.3 cm³/mol. The summed E-state index contributed by atoms with van der Waals surface area (Å²) < 4.78 is 13.4. The fraction of sp³-hybridized carbons (Fsp3) is 0.188. The summed E-state index contributed by atoms with van der Waals surface area (Å²) in [6, 6.07) is 14.3. The molecule has 1 aliphatic rings. The summed E-state index contributed by atoms with van der Waals surface area (Å²) >= 11 is 1.53. The molecule has 1 fully saturated rings. The molecule has 1 heterocycles. The van der Waals surface area contributed by atoms with Crippen LogP contribution in [0.15, 0.2) is 48.5 Å². The van der Waals surface area contributed by atoms with Crippen molar-refractivity contribution in [3.05, 3.63) is 65.5 Å². The van der Waals surface area contributed by atoms with Gasteiger partial charge in [-0.15, -0.1) is 11.8 Å². The second-order valence-corrected chi connectivity index (χ2v) is 5.89. The largest absolute Gasteiger partial charge is 0.295 e. The van der Waals surface area contributed by atoms with Gasteiger partial charge < -0.3 is 0 Å². The van der Waals surface area contributed by atoms with E-state index in [0.29, 0.717) is 5.75 Å². The summed E-state index contributed by atoms with van der Waals surface area (Å²) in [6.07, 6.45) is 0. The van der Waals surface area contributed by atoms with Crippen LogP contribution in [-0.4, -0.2) is 11.7 Å². The SMILES string of the molecule is Cc1ccc(N2C(=O)CS[C@H]2c2cccc(F)c2)cc1. The van der Waals surface area contributed by atoms with E-state index in [0.717, 1.165) is 16.8 Å². The molecular formula is C16H14FNOS. The van der Waals surface area contributed by atoms with E-state index in [2.05, 4.69) is 0 Å². The monoisotopic (exact) mass is 287 g/mol. The van der Waals surface area contributed by atoms with Gasteiger partial charge in [0.1, 0.15) is 11.2 Å². The van der Waals surface area contributed by atoms with Crippen molar-refractivity contribution in [2.24, 2.45) is 0 Å². The third-order valence-electron chi connectivity index (χ3n) is 3.31. The molecule has 0 N–H and O–H groups in total. The van der Waals surface area contributed by atoms with Crippen molar-refractivity contribution in [2.45, 2.75) is 12.3 Å². The van der Waals surface area contributed by atoms with Crippen LogP contribution in [0.4, 0.5) is 10.1 Å². The van der Waals surface area contributed by atoms with E-state index in [-0.39, 0.29) is 17.1 Å². The van der Waals surface area contributed by atoms with Crippen LogP contribution >= 0.6 is 11.8 Å². The Morgan fingerprint density at radius 2 is 1.95 bits per heavy atom. The molecule has 20 heavy (non-hydrogen) atoms. The number of carbonyl (C=O) groups excluding carboxylic acids is 1. The highest BCUT2D eigenvalue weighted by Crippen LogP contribution is 2.41. The quantitative estimate of drug-likeness (QED) is 0.834. The Kier molecular flexibility index (Phi) is 3.49. The maximum atomic E-state index is 13.4. The van der Waals surface area contributed by atoms with Crippen LogP contribution in [0.1, 0.15) is 16.5 Å². The third-order valence-corrected chi connectivity index (χ3v) is 4.53. The van der Waals surface area contributed by atoms with Gasteiger partial charge in [-0.05, 0) is 36.8 Å². The van der Waals surface area contributed by atoms with Crippen LogP contribution in [0.5, 0.6) is 0 Å². The minimum absolute atomic E-state index is 0.0631. The van der Waals surface area contributed by atoms with E-state index in [9.17, 15) is 9.18 Å². The van der Waals surface area contributed by atoms with Gasteiger partial charge in [0.05, 0.1) is 5.75 Å². The van der Waals surface area contributed by atoms with E-state index in [4.69, 9.17) is 0 Å².